The van der Waals surface area contributed by atoms with Crippen LogP contribution in [0, 0.1) is 6.92 Å². The highest BCUT2D eigenvalue weighted by atomic mass is 35.5. The molecule has 3 nitrogen and oxygen atoms in total. The van der Waals surface area contributed by atoms with Crippen molar-refractivity contribution in [3.63, 3.8) is 0 Å². The van der Waals surface area contributed by atoms with Gasteiger partial charge in [0, 0.05) is 10.6 Å². The van der Waals surface area contributed by atoms with E-state index < -0.39 is 0 Å². The zero-order chi connectivity index (χ0) is 11.7. The Labute approximate surface area is 111 Å². The summed E-state index contributed by atoms with van der Waals surface area (Å²) in [7, 11) is 0. The fourth-order valence-corrected chi connectivity index (χ4v) is 3.12. The average molecular weight is 292 g/mol. The normalized spacial score (nSPS) is 10.7. The molecule has 0 aliphatic heterocycles. The molecule has 0 bridgehead atoms. The molecule has 1 aromatic carbocycles. The van der Waals surface area contributed by atoms with E-state index in [4.69, 9.17) is 28.9 Å². The van der Waals surface area contributed by atoms with Gasteiger partial charge in [0.2, 0.25) is 0 Å². The Morgan fingerprint density at radius 3 is 2.62 bits per heavy atom. The van der Waals surface area contributed by atoms with Gasteiger partial charge in [0.05, 0.1) is 10.0 Å². The highest BCUT2D eigenvalue weighted by molar-refractivity contribution is 8.01. The first-order valence-corrected chi connectivity index (χ1v) is 6.63. The molecular formula is C9H7Cl2N3S2. The van der Waals surface area contributed by atoms with E-state index in [0.717, 1.165) is 15.1 Å². The molecular weight excluding hydrogens is 285 g/mol. The summed E-state index contributed by atoms with van der Waals surface area (Å²) in [6.45, 7) is 1.85. The van der Waals surface area contributed by atoms with Crippen LogP contribution in [0.1, 0.15) is 5.82 Å². The average Bonchev–Trinajstić information content (AvgIpc) is 2.60. The molecule has 0 aliphatic carbocycles. The summed E-state index contributed by atoms with van der Waals surface area (Å²) in [5.41, 5.74) is 6.43. The van der Waals surface area contributed by atoms with Crippen molar-refractivity contribution in [2.45, 2.75) is 16.2 Å². The van der Waals surface area contributed by atoms with Crippen molar-refractivity contribution in [3.05, 3.63) is 28.0 Å². The van der Waals surface area contributed by atoms with Crippen LogP contribution in [-0.2, 0) is 0 Å². The molecule has 0 spiro atoms. The minimum atomic E-state index is 0.456. The first kappa shape index (κ1) is 12.0. The number of hydrogen-bond acceptors (Lipinski definition) is 5. The molecule has 0 radical (unpaired) electrons. The van der Waals surface area contributed by atoms with Gasteiger partial charge in [-0.1, -0.05) is 35.0 Å². The molecule has 2 rings (SSSR count). The molecule has 0 saturated heterocycles. The van der Waals surface area contributed by atoms with E-state index in [1.165, 1.54) is 23.3 Å². The van der Waals surface area contributed by atoms with Crippen LogP contribution in [0.15, 0.2) is 21.4 Å². The first-order valence-electron chi connectivity index (χ1n) is 4.29. The highest BCUT2D eigenvalue weighted by Gasteiger charge is 2.09. The number of nitrogens with zero attached hydrogens (tertiary/aromatic N) is 2. The lowest BCUT2D eigenvalue weighted by molar-refractivity contribution is 1.10. The Morgan fingerprint density at radius 1 is 1.31 bits per heavy atom. The van der Waals surface area contributed by atoms with Crippen LogP contribution in [0.2, 0.25) is 10.0 Å². The van der Waals surface area contributed by atoms with Crippen molar-refractivity contribution in [3.8, 4) is 0 Å². The van der Waals surface area contributed by atoms with Crippen LogP contribution in [-0.4, -0.2) is 9.36 Å². The molecule has 1 aromatic heterocycles. The summed E-state index contributed by atoms with van der Waals surface area (Å²) in [4.78, 5) is 5.08. The first-order chi connectivity index (χ1) is 7.56. The minimum absolute atomic E-state index is 0.456. The third kappa shape index (κ3) is 2.60. The smallest absolute Gasteiger partial charge is 0.174 e. The lowest BCUT2D eigenvalue weighted by atomic mass is 10.3. The zero-order valence-corrected chi connectivity index (χ0v) is 11.3. The zero-order valence-electron chi connectivity index (χ0n) is 8.20. The number of rotatable bonds is 2. The molecule has 0 unspecified atom stereocenters. The summed E-state index contributed by atoms with van der Waals surface area (Å²) in [5.74, 6) is 0.756. The summed E-state index contributed by atoms with van der Waals surface area (Å²) in [5, 5.41) is 0.941. The number of aryl methyl sites for hydroxylation is 1. The second-order valence-electron chi connectivity index (χ2n) is 3.01. The van der Waals surface area contributed by atoms with Crippen LogP contribution in [0.3, 0.4) is 0 Å². The molecule has 0 atom stereocenters. The Balaban J connectivity index is 2.31. The van der Waals surface area contributed by atoms with Crippen molar-refractivity contribution in [1.82, 2.24) is 9.36 Å². The number of nitrogens with two attached hydrogens (primary N) is 1. The van der Waals surface area contributed by atoms with Crippen molar-refractivity contribution in [2.24, 2.45) is 0 Å². The van der Waals surface area contributed by atoms with E-state index in [1.807, 2.05) is 6.92 Å². The predicted octanol–water partition coefficient (Wildman–Crippen LogP) is 3.89. The van der Waals surface area contributed by atoms with Gasteiger partial charge in [-0.15, -0.1) is 0 Å². The maximum Gasteiger partial charge on any atom is 0.174 e. The maximum absolute atomic E-state index is 5.92. The Hall–Kier alpha value is -0.490. The Morgan fingerprint density at radius 2 is 2.00 bits per heavy atom. The topological polar surface area (TPSA) is 51.8 Å². The summed E-state index contributed by atoms with van der Waals surface area (Å²) in [6.07, 6.45) is 0. The monoisotopic (exact) mass is 291 g/mol. The second kappa shape index (κ2) is 4.79. The Kier molecular flexibility index (Phi) is 3.59. The number of nitrogen functional groups attached to an aromatic ring is 1. The van der Waals surface area contributed by atoms with Crippen molar-refractivity contribution in [2.75, 3.05) is 5.73 Å². The van der Waals surface area contributed by atoms with E-state index in [1.54, 1.807) is 12.1 Å². The fraction of sp³-hybridized carbons (Fsp3) is 0.111. The molecule has 2 aromatic rings. The molecule has 16 heavy (non-hydrogen) atoms. The molecule has 0 saturated carbocycles. The van der Waals surface area contributed by atoms with E-state index in [0.29, 0.717) is 15.7 Å². The van der Waals surface area contributed by atoms with Gasteiger partial charge in [-0.2, -0.15) is 4.37 Å². The quantitative estimate of drug-likeness (QED) is 0.853. The number of benzene rings is 1. The molecule has 84 valence electrons. The summed E-state index contributed by atoms with van der Waals surface area (Å²) >= 11 is 14.5. The molecule has 7 heteroatoms. The van der Waals surface area contributed by atoms with Gasteiger partial charge in [0.25, 0.3) is 0 Å². The van der Waals surface area contributed by atoms with Gasteiger partial charge in [-0.25, -0.2) is 4.98 Å². The van der Waals surface area contributed by atoms with Gasteiger partial charge in [0.1, 0.15) is 5.82 Å². The molecule has 0 fully saturated rings. The van der Waals surface area contributed by atoms with Crippen molar-refractivity contribution < 1.29 is 0 Å². The maximum atomic E-state index is 5.92. The van der Waals surface area contributed by atoms with Crippen LogP contribution in [0.4, 0.5) is 5.69 Å². The molecule has 0 amide bonds. The van der Waals surface area contributed by atoms with E-state index in [2.05, 4.69) is 9.36 Å². The van der Waals surface area contributed by atoms with E-state index in [-0.39, 0.29) is 0 Å². The highest BCUT2D eigenvalue weighted by Crippen LogP contribution is 2.37. The lowest BCUT2D eigenvalue weighted by Crippen LogP contribution is -1.88. The lowest BCUT2D eigenvalue weighted by Gasteiger charge is -2.04. The molecule has 0 aliphatic rings. The number of aromatic nitrogens is 2. The van der Waals surface area contributed by atoms with Gasteiger partial charge >= 0.3 is 0 Å². The van der Waals surface area contributed by atoms with Gasteiger partial charge in [0.15, 0.2) is 4.34 Å². The largest absolute Gasteiger partial charge is 0.398 e. The van der Waals surface area contributed by atoms with E-state index >= 15 is 0 Å². The summed E-state index contributed by atoms with van der Waals surface area (Å²) < 4.78 is 4.93. The molecule has 2 N–H and O–H groups in total. The number of halogens is 2. The van der Waals surface area contributed by atoms with Gasteiger partial charge in [-0.3, -0.25) is 0 Å². The Bertz CT molecular complexity index is 527. The third-order valence-electron chi connectivity index (χ3n) is 1.76. The second-order valence-corrected chi connectivity index (χ2v) is 5.87. The number of hydrogen-bond donors (Lipinski definition) is 1. The number of anilines is 1. The third-order valence-corrected chi connectivity index (χ3v) is 4.40. The SMILES string of the molecule is Cc1nsc(Sc2cc(Cl)c(Cl)cc2N)n1. The van der Waals surface area contributed by atoms with Crippen molar-refractivity contribution >= 4 is 52.2 Å². The van der Waals surface area contributed by atoms with Crippen LogP contribution >= 0.6 is 46.5 Å². The van der Waals surface area contributed by atoms with Crippen molar-refractivity contribution in [1.29, 1.82) is 0 Å². The standard InChI is InChI=1S/C9H7Cl2N3S2/c1-4-13-9(16-14-4)15-8-3-6(11)5(10)2-7(8)12/h2-3H,12H2,1H3. The van der Waals surface area contributed by atoms with Crippen LogP contribution in [0.25, 0.3) is 0 Å². The van der Waals surface area contributed by atoms with Gasteiger partial charge < -0.3 is 5.73 Å². The fourth-order valence-electron chi connectivity index (χ4n) is 1.05. The van der Waals surface area contributed by atoms with Crippen LogP contribution in [0.5, 0.6) is 0 Å². The minimum Gasteiger partial charge on any atom is -0.398 e. The van der Waals surface area contributed by atoms with Gasteiger partial charge in [-0.05, 0) is 30.6 Å². The summed E-state index contributed by atoms with van der Waals surface area (Å²) in [6, 6.07) is 3.38. The van der Waals surface area contributed by atoms with Crippen LogP contribution < -0.4 is 5.73 Å². The predicted molar refractivity (Wildman–Crippen MR) is 69.6 cm³/mol. The van der Waals surface area contributed by atoms with E-state index in [9.17, 15) is 0 Å². The molecule has 1 heterocycles.